The van der Waals surface area contributed by atoms with Gasteiger partial charge in [-0.1, -0.05) is 25.0 Å². The molecule has 0 aromatic heterocycles. The molecule has 1 amide bonds. The molecular weight excluding hydrogens is 466 g/mol. The zero-order valence-corrected chi connectivity index (χ0v) is 21.1. The molecule has 0 aliphatic carbocycles. The third kappa shape index (κ3) is 13.5. The number of nitrogens with zero attached hydrogens (tertiary/aromatic N) is 1. The van der Waals surface area contributed by atoms with Crippen LogP contribution >= 0.6 is 12.6 Å². The number of amides is 1. The van der Waals surface area contributed by atoms with Gasteiger partial charge in [-0.3, -0.25) is 14.1 Å². The second kappa shape index (κ2) is 16.8. The van der Waals surface area contributed by atoms with Crippen LogP contribution in [0.15, 0.2) is 24.3 Å². The fourth-order valence-electron chi connectivity index (χ4n) is 3.24. The van der Waals surface area contributed by atoms with E-state index in [-0.39, 0.29) is 24.1 Å². The van der Waals surface area contributed by atoms with Gasteiger partial charge in [-0.2, -0.15) is 21.0 Å². The molecule has 1 aromatic rings. The van der Waals surface area contributed by atoms with Crippen molar-refractivity contribution in [3.05, 3.63) is 24.3 Å². The highest BCUT2D eigenvalue weighted by Gasteiger charge is 2.19. The van der Waals surface area contributed by atoms with E-state index < -0.39 is 10.1 Å². The molecule has 0 aliphatic rings. The minimum absolute atomic E-state index is 0.0217. The predicted molar refractivity (Wildman–Crippen MR) is 133 cm³/mol. The van der Waals surface area contributed by atoms with Crippen molar-refractivity contribution in [3.63, 3.8) is 0 Å². The van der Waals surface area contributed by atoms with E-state index in [9.17, 15) is 18.0 Å². The quantitative estimate of drug-likeness (QED) is 0.133. The summed E-state index contributed by atoms with van der Waals surface area (Å²) in [5.74, 6) is 0.769. The summed E-state index contributed by atoms with van der Waals surface area (Å²) < 4.78 is 41.5. The maximum atomic E-state index is 13.0. The number of rotatable bonds is 18. The monoisotopic (exact) mass is 503 g/mol. The van der Waals surface area contributed by atoms with E-state index in [2.05, 4.69) is 12.6 Å². The topological polar surface area (TPSA) is 110 Å². The average Bonchev–Trinajstić information content (AvgIpc) is 2.76. The minimum atomic E-state index is -3.98. The van der Waals surface area contributed by atoms with Gasteiger partial charge in [-0.25, -0.2) is 0 Å². The van der Waals surface area contributed by atoms with E-state index in [0.29, 0.717) is 63.3 Å². The summed E-state index contributed by atoms with van der Waals surface area (Å²) in [6, 6.07) is 7.27. The van der Waals surface area contributed by atoms with Crippen LogP contribution in [0, 0.1) is 0 Å². The second-order valence-corrected chi connectivity index (χ2v) is 9.67. The maximum absolute atomic E-state index is 13.0. The normalized spacial score (nSPS) is 11.2. The van der Waals surface area contributed by atoms with Crippen LogP contribution < -0.4 is 9.64 Å². The highest BCUT2D eigenvalue weighted by atomic mass is 32.2. The fraction of sp³-hybridized carbons (Fsp3) is 0.652. The van der Waals surface area contributed by atoms with Gasteiger partial charge in [0.15, 0.2) is 0 Å². The molecular formula is C23H37NO7S2. The lowest BCUT2D eigenvalue weighted by Gasteiger charge is -2.25. The first-order valence-corrected chi connectivity index (χ1v) is 13.8. The van der Waals surface area contributed by atoms with Crippen LogP contribution in [0.25, 0.3) is 0 Å². The van der Waals surface area contributed by atoms with Crippen LogP contribution in [0.5, 0.6) is 5.75 Å². The van der Waals surface area contributed by atoms with Gasteiger partial charge < -0.3 is 14.4 Å². The second-order valence-electron chi connectivity index (χ2n) is 7.65. The molecule has 33 heavy (non-hydrogen) atoms. The number of hydrogen-bond donors (Lipinski definition) is 2. The Bertz CT molecular complexity index is 815. The molecule has 0 atom stereocenters. The van der Waals surface area contributed by atoms with Crippen LogP contribution in [-0.4, -0.2) is 56.1 Å². The first-order valence-electron chi connectivity index (χ1n) is 11.5. The first kappa shape index (κ1) is 29.3. The van der Waals surface area contributed by atoms with Gasteiger partial charge in [0.05, 0.1) is 24.7 Å². The summed E-state index contributed by atoms with van der Waals surface area (Å²) in [4.78, 5) is 26.2. The van der Waals surface area contributed by atoms with Crippen LogP contribution in [-0.2, 0) is 24.4 Å². The summed E-state index contributed by atoms with van der Waals surface area (Å²) in [7, 11) is -3.98. The molecule has 1 aromatic carbocycles. The van der Waals surface area contributed by atoms with Crippen LogP contribution in [0.3, 0.4) is 0 Å². The predicted octanol–water partition coefficient (Wildman–Crippen LogP) is 4.29. The van der Waals surface area contributed by atoms with E-state index in [0.717, 1.165) is 25.0 Å². The molecule has 8 nitrogen and oxygen atoms in total. The Kier molecular flexibility index (Phi) is 14.9. The van der Waals surface area contributed by atoms with Crippen molar-refractivity contribution < 1.29 is 32.0 Å². The molecule has 0 fully saturated rings. The molecule has 0 heterocycles. The van der Waals surface area contributed by atoms with Crippen molar-refractivity contribution in [2.24, 2.45) is 0 Å². The van der Waals surface area contributed by atoms with Crippen LogP contribution in [0.1, 0.15) is 64.7 Å². The van der Waals surface area contributed by atoms with Crippen molar-refractivity contribution in [1.82, 2.24) is 0 Å². The molecule has 0 bridgehead atoms. The maximum Gasteiger partial charge on any atom is 0.305 e. The third-order valence-corrected chi connectivity index (χ3v) is 6.00. The Morgan fingerprint density at radius 2 is 1.73 bits per heavy atom. The van der Waals surface area contributed by atoms with Crippen molar-refractivity contribution in [3.8, 4) is 5.75 Å². The molecule has 0 unspecified atom stereocenters. The van der Waals surface area contributed by atoms with Gasteiger partial charge in [0, 0.05) is 19.4 Å². The molecule has 0 saturated heterocycles. The van der Waals surface area contributed by atoms with Crippen LogP contribution in [0.2, 0.25) is 0 Å². The Morgan fingerprint density at radius 3 is 2.42 bits per heavy atom. The van der Waals surface area contributed by atoms with Crippen molar-refractivity contribution in [1.29, 1.82) is 0 Å². The summed E-state index contributed by atoms with van der Waals surface area (Å²) in [5, 5.41) is 0. The van der Waals surface area contributed by atoms with Gasteiger partial charge in [0.25, 0.3) is 10.1 Å². The summed E-state index contributed by atoms with van der Waals surface area (Å²) in [6.45, 7) is 2.84. The molecule has 0 spiro atoms. The van der Waals surface area contributed by atoms with Gasteiger partial charge in [-0.05, 0) is 56.9 Å². The minimum Gasteiger partial charge on any atom is -0.491 e. The number of carbonyl (C=O) groups is 2. The average molecular weight is 504 g/mol. The zero-order chi connectivity index (χ0) is 24.5. The molecule has 0 radical (unpaired) electrons. The smallest absolute Gasteiger partial charge is 0.305 e. The number of hydrogen-bond acceptors (Lipinski definition) is 7. The van der Waals surface area contributed by atoms with E-state index in [1.807, 2.05) is 18.2 Å². The Balaban J connectivity index is 2.79. The molecule has 0 saturated carbocycles. The van der Waals surface area contributed by atoms with Crippen molar-refractivity contribution in [2.45, 2.75) is 64.7 Å². The molecule has 1 N–H and O–H groups in total. The number of para-hydroxylation sites is 2. The highest BCUT2D eigenvalue weighted by molar-refractivity contribution is 7.85. The Labute approximate surface area is 203 Å². The third-order valence-electron chi connectivity index (χ3n) is 4.88. The molecule has 188 valence electrons. The molecule has 10 heteroatoms. The van der Waals surface area contributed by atoms with Gasteiger partial charge >= 0.3 is 5.97 Å². The number of carbonyl (C=O) groups excluding carboxylic acids is 2. The zero-order valence-electron chi connectivity index (χ0n) is 19.4. The van der Waals surface area contributed by atoms with E-state index >= 15 is 0 Å². The number of anilines is 1. The SMILES string of the molecule is CCOC(=O)CCCOc1ccccc1N(CCCCCS(=O)(=O)O)C(=O)CCCCCS. The summed E-state index contributed by atoms with van der Waals surface area (Å²) >= 11 is 4.21. The van der Waals surface area contributed by atoms with E-state index in [1.54, 1.807) is 17.9 Å². The Morgan fingerprint density at radius 1 is 1.00 bits per heavy atom. The molecule has 0 aliphatic heterocycles. The Hall–Kier alpha value is -1.78. The highest BCUT2D eigenvalue weighted by Crippen LogP contribution is 2.29. The van der Waals surface area contributed by atoms with Crippen molar-refractivity contribution in [2.75, 3.05) is 36.2 Å². The first-order chi connectivity index (χ1) is 15.8. The summed E-state index contributed by atoms with van der Waals surface area (Å²) in [5.41, 5.74) is 0.655. The standard InChI is InChI=1S/C23H37NO7S2/c1-2-30-23(26)15-11-17-31-21-13-7-6-12-20(21)24(22(25)14-5-3-9-18-32)16-8-4-10-19-33(27,28)29/h6-7,12-13,32H,2-5,8-11,14-19H2,1H3,(H,27,28,29). The fourth-order valence-corrected chi connectivity index (χ4v) is 4.04. The lowest BCUT2D eigenvalue weighted by Crippen LogP contribution is -2.32. The lowest BCUT2D eigenvalue weighted by atomic mass is 10.1. The van der Waals surface area contributed by atoms with Gasteiger partial charge in [0.1, 0.15) is 5.75 Å². The van der Waals surface area contributed by atoms with E-state index in [1.165, 1.54) is 0 Å². The lowest BCUT2D eigenvalue weighted by molar-refractivity contribution is -0.143. The summed E-state index contributed by atoms with van der Waals surface area (Å²) in [6.07, 6.45) is 5.28. The number of esters is 1. The van der Waals surface area contributed by atoms with Crippen LogP contribution in [0.4, 0.5) is 5.69 Å². The number of benzene rings is 1. The van der Waals surface area contributed by atoms with Gasteiger partial charge in [0.2, 0.25) is 5.91 Å². The molecule has 1 rings (SSSR count). The number of thiol groups is 1. The number of ether oxygens (including phenoxy) is 2. The largest absolute Gasteiger partial charge is 0.491 e. The van der Waals surface area contributed by atoms with E-state index in [4.69, 9.17) is 14.0 Å². The number of unbranched alkanes of at least 4 members (excludes halogenated alkanes) is 4. The van der Waals surface area contributed by atoms with Gasteiger partial charge in [-0.15, -0.1) is 0 Å². The van der Waals surface area contributed by atoms with Crippen molar-refractivity contribution >= 4 is 40.3 Å².